The van der Waals surface area contributed by atoms with Crippen LogP contribution < -0.4 is 10.6 Å². The molecule has 18 heavy (non-hydrogen) atoms. The van der Waals surface area contributed by atoms with Crippen molar-refractivity contribution >= 4 is 5.91 Å². The molecule has 1 aromatic rings. The van der Waals surface area contributed by atoms with Crippen LogP contribution in [-0.2, 0) is 9.53 Å². The summed E-state index contributed by atoms with van der Waals surface area (Å²) in [6, 6.07) is 6.26. The van der Waals surface area contributed by atoms with Gasteiger partial charge < -0.3 is 15.4 Å². The summed E-state index contributed by atoms with van der Waals surface area (Å²) in [7, 11) is 1.58. The van der Waals surface area contributed by atoms with Gasteiger partial charge >= 0.3 is 0 Å². The van der Waals surface area contributed by atoms with E-state index >= 15 is 0 Å². The summed E-state index contributed by atoms with van der Waals surface area (Å²) in [6.07, 6.45) is 0. The maximum Gasteiger partial charge on any atom is 0.234 e. The first-order valence-corrected chi connectivity index (χ1v) is 5.88. The molecule has 4 nitrogen and oxygen atoms in total. The Morgan fingerprint density at radius 3 is 2.94 bits per heavy atom. The van der Waals surface area contributed by atoms with Crippen molar-refractivity contribution in [2.24, 2.45) is 0 Å². The van der Waals surface area contributed by atoms with Crippen molar-refractivity contribution in [3.63, 3.8) is 0 Å². The van der Waals surface area contributed by atoms with Gasteiger partial charge in [0.05, 0.1) is 13.2 Å². The minimum Gasteiger partial charge on any atom is -0.383 e. The Hall–Kier alpha value is -1.46. The minimum absolute atomic E-state index is 0.0751. The smallest absolute Gasteiger partial charge is 0.234 e. The summed E-state index contributed by atoms with van der Waals surface area (Å²) < 4.78 is 17.8. The van der Waals surface area contributed by atoms with Gasteiger partial charge in [-0.25, -0.2) is 4.39 Å². The van der Waals surface area contributed by atoms with Crippen LogP contribution in [0.2, 0.25) is 0 Å². The lowest BCUT2D eigenvalue weighted by Gasteiger charge is -2.14. The Labute approximate surface area is 107 Å². The van der Waals surface area contributed by atoms with Gasteiger partial charge in [0.15, 0.2) is 0 Å². The molecule has 0 saturated heterocycles. The van der Waals surface area contributed by atoms with Crippen LogP contribution in [0.4, 0.5) is 4.39 Å². The molecule has 0 saturated carbocycles. The number of ether oxygens (including phenoxy) is 1. The largest absolute Gasteiger partial charge is 0.383 e. The SMILES string of the molecule is COCCNC(=O)CN[C@H](C)c1cccc(F)c1. The third-order valence-corrected chi connectivity index (χ3v) is 2.55. The molecule has 0 aromatic heterocycles. The number of benzene rings is 1. The van der Waals surface area contributed by atoms with Crippen LogP contribution in [0.25, 0.3) is 0 Å². The summed E-state index contributed by atoms with van der Waals surface area (Å²) in [4.78, 5) is 11.4. The van der Waals surface area contributed by atoms with E-state index in [1.807, 2.05) is 13.0 Å². The molecule has 0 heterocycles. The van der Waals surface area contributed by atoms with Gasteiger partial charge in [-0.1, -0.05) is 12.1 Å². The fourth-order valence-corrected chi connectivity index (χ4v) is 1.49. The van der Waals surface area contributed by atoms with Crippen LogP contribution >= 0.6 is 0 Å². The van der Waals surface area contributed by atoms with E-state index in [4.69, 9.17) is 4.74 Å². The second kappa shape index (κ2) is 7.79. The van der Waals surface area contributed by atoms with Crippen molar-refractivity contribution in [2.45, 2.75) is 13.0 Å². The first-order chi connectivity index (χ1) is 8.63. The highest BCUT2D eigenvalue weighted by Gasteiger charge is 2.07. The zero-order valence-corrected chi connectivity index (χ0v) is 10.7. The molecule has 0 bridgehead atoms. The van der Waals surface area contributed by atoms with E-state index in [1.54, 1.807) is 13.2 Å². The lowest BCUT2D eigenvalue weighted by molar-refractivity contribution is -0.120. The van der Waals surface area contributed by atoms with Gasteiger partial charge in [0.2, 0.25) is 5.91 Å². The van der Waals surface area contributed by atoms with Crippen molar-refractivity contribution in [1.29, 1.82) is 0 Å². The van der Waals surface area contributed by atoms with E-state index in [2.05, 4.69) is 10.6 Å². The number of rotatable bonds is 7. The Morgan fingerprint density at radius 1 is 1.50 bits per heavy atom. The summed E-state index contributed by atoms with van der Waals surface area (Å²) >= 11 is 0. The molecule has 1 atom stereocenters. The molecule has 0 radical (unpaired) electrons. The van der Waals surface area contributed by atoms with Gasteiger partial charge in [0.25, 0.3) is 0 Å². The number of hydrogen-bond donors (Lipinski definition) is 2. The molecule has 2 N–H and O–H groups in total. The Balaban J connectivity index is 2.32. The molecule has 1 rings (SSSR count). The standard InChI is InChI=1S/C13H19FN2O2/c1-10(11-4-3-5-12(14)8-11)16-9-13(17)15-6-7-18-2/h3-5,8,10,16H,6-7,9H2,1-2H3,(H,15,17)/t10-/m1/s1. The van der Waals surface area contributed by atoms with Crippen LogP contribution in [0.5, 0.6) is 0 Å². The molecule has 0 spiro atoms. The Morgan fingerprint density at radius 2 is 2.28 bits per heavy atom. The predicted molar refractivity (Wildman–Crippen MR) is 67.7 cm³/mol. The molecule has 0 aliphatic rings. The first-order valence-electron chi connectivity index (χ1n) is 5.88. The van der Waals surface area contributed by atoms with Crippen LogP contribution in [0.1, 0.15) is 18.5 Å². The van der Waals surface area contributed by atoms with Crippen molar-refractivity contribution in [2.75, 3.05) is 26.8 Å². The average Bonchev–Trinajstić information content (AvgIpc) is 2.36. The molecular formula is C13H19FN2O2. The van der Waals surface area contributed by atoms with E-state index < -0.39 is 0 Å². The normalized spacial score (nSPS) is 12.2. The van der Waals surface area contributed by atoms with Gasteiger partial charge in [-0.3, -0.25) is 4.79 Å². The fraction of sp³-hybridized carbons (Fsp3) is 0.462. The highest BCUT2D eigenvalue weighted by molar-refractivity contribution is 5.78. The van der Waals surface area contributed by atoms with E-state index in [0.717, 1.165) is 5.56 Å². The Kier molecular flexibility index (Phi) is 6.32. The van der Waals surface area contributed by atoms with Gasteiger partial charge in [-0.05, 0) is 24.6 Å². The number of halogens is 1. The van der Waals surface area contributed by atoms with E-state index in [-0.39, 0.29) is 24.3 Å². The van der Waals surface area contributed by atoms with Crippen LogP contribution in [0, 0.1) is 5.82 Å². The molecule has 0 aliphatic heterocycles. The monoisotopic (exact) mass is 254 g/mol. The van der Waals surface area contributed by atoms with Crippen LogP contribution in [0.15, 0.2) is 24.3 Å². The van der Waals surface area contributed by atoms with E-state index in [9.17, 15) is 9.18 Å². The first kappa shape index (κ1) is 14.6. The molecule has 100 valence electrons. The second-order valence-electron chi connectivity index (χ2n) is 4.00. The maximum absolute atomic E-state index is 13.0. The number of methoxy groups -OCH3 is 1. The van der Waals surface area contributed by atoms with Crippen LogP contribution in [0.3, 0.4) is 0 Å². The van der Waals surface area contributed by atoms with E-state index in [0.29, 0.717) is 13.2 Å². The third kappa shape index (κ3) is 5.25. The highest BCUT2D eigenvalue weighted by Crippen LogP contribution is 2.12. The van der Waals surface area contributed by atoms with Gasteiger partial charge in [-0.15, -0.1) is 0 Å². The van der Waals surface area contributed by atoms with Gasteiger partial charge in [0.1, 0.15) is 5.82 Å². The molecule has 0 fully saturated rings. The lowest BCUT2D eigenvalue weighted by atomic mass is 10.1. The van der Waals surface area contributed by atoms with Crippen molar-refractivity contribution in [1.82, 2.24) is 10.6 Å². The molecule has 0 unspecified atom stereocenters. The molecule has 5 heteroatoms. The zero-order chi connectivity index (χ0) is 13.4. The zero-order valence-electron chi connectivity index (χ0n) is 10.7. The Bertz CT molecular complexity index is 385. The number of hydrogen-bond acceptors (Lipinski definition) is 3. The highest BCUT2D eigenvalue weighted by atomic mass is 19.1. The van der Waals surface area contributed by atoms with Gasteiger partial charge in [0, 0.05) is 19.7 Å². The van der Waals surface area contributed by atoms with Gasteiger partial charge in [-0.2, -0.15) is 0 Å². The summed E-state index contributed by atoms with van der Waals surface area (Å²) in [5.41, 5.74) is 0.819. The summed E-state index contributed by atoms with van der Waals surface area (Å²) in [5.74, 6) is -0.374. The van der Waals surface area contributed by atoms with Crippen molar-refractivity contribution in [3.05, 3.63) is 35.6 Å². The predicted octanol–water partition coefficient (Wildman–Crippen LogP) is 1.24. The number of carbonyl (C=O) groups is 1. The van der Waals surface area contributed by atoms with Crippen molar-refractivity contribution < 1.29 is 13.9 Å². The van der Waals surface area contributed by atoms with Crippen LogP contribution in [-0.4, -0.2) is 32.7 Å². The lowest BCUT2D eigenvalue weighted by Crippen LogP contribution is -2.36. The number of amides is 1. The molecule has 1 amide bonds. The average molecular weight is 254 g/mol. The van der Waals surface area contributed by atoms with Crippen molar-refractivity contribution in [3.8, 4) is 0 Å². The summed E-state index contributed by atoms with van der Waals surface area (Å²) in [5, 5.41) is 5.73. The van der Waals surface area contributed by atoms with E-state index in [1.165, 1.54) is 12.1 Å². The number of carbonyl (C=O) groups excluding carboxylic acids is 1. The minimum atomic E-state index is -0.273. The molecule has 1 aromatic carbocycles. The fourth-order valence-electron chi connectivity index (χ4n) is 1.49. The maximum atomic E-state index is 13.0. The second-order valence-corrected chi connectivity index (χ2v) is 4.00. The topological polar surface area (TPSA) is 50.4 Å². The number of nitrogens with one attached hydrogen (secondary N) is 2. The quantitative estimate of drug-likeness (QED) is 0.720. The molecule has 0 aliphatic carbocycles. The summed E-state index contributed by atoms with van der Waals surface area (Å²) in [6.45, 7) is 3.06. The molecular weight excluding hydrogens is 235 g/mol. The third-order valence-electron chi connectivity index (χ3n) is 2.55.